The molecule has 1 aliphatic rings. The standard InChI is InChI=1S/C23H19F3N6O3/c1-2-21(34)31-7-5-30(6-8-31)20-4-3-15(11-28-20)18-9-17(35-14-19(33)23(24,25)26)13-32-22(18)16(10-27)12-29-32/h1,3-4,9,11-13,19,33H,5-8,14H2/t19-/m0/s1. The first-order valence-electron chi connectivity index (χ1n) is 10.5. The quantitative estimate of drug-likeness (QED) is 0.551. The van der Waals surface area contributed by atoms with E-state index in [1.807, 2.05) is 11.0 Å². The second-order valence-corrected chi connectivity index (χ2v) is 7.75. The molecule has 4 heterocycles. The molecule has 1 fully saturated rings. The zero-order valence-corrected chi connectivity index (χ0v) is 18.2. The maximum atomic E-state index is 12.6. The Balaban J connectivity index is 1.60. The Hall–Kier alpha value is -4.29. The summed E-state index contributed by atoms with van der Waals surface area (Å²) in [6.45, 7) is 1.05. The van der Waals surface area contributed by atoms with Crippen LogP contribution < -0.4 is 9.64 Å². The van der Waals surface area contributed by atoms with Crippen LogP contribution in [-0.2, 0) is 4.79 Å². The van der Waals surface area contributed by atoms with Gasteiger partial charge in [-0.1, -0.05) is 0 Å². The van der Waals surface area contributed by atoms with E-state index in [1.165, 1.54) is 23.0 Å². The van der Waals surface area contributed by atoms with Gasteiger partial charge >= 0.3 is 6.18 Å². The molecule has 1 aliphatic heterocycles. The third-order valence-corrected chi connectivity index (χ3v) is 5.57. The first kappa shape index (κ1) is 23.9. The number of nitrogens with zero attached hydrogens (tertiary/aromatic N) is 6. The molecule has 180 valence electrons. The van der Waals surface area contributed by atoms with Crippen LogP contribution in [0.1, 0.15) is 5.56 Å². The molecule has 0 saturated carbocycles. The van der Waals surface area contributed by atoms with Crippen molar-refractivity contribution in [1.29, 1.82) is 5.26 Å². The van der Waals surface area contributed by atoms with Crippen LogP contribution in [0.5, 0.6) is 5.75 Å². The van der Waals surface area contributed by atoms with Gasteiger partial charge in [0.05, 0.1) is 23.5 Å². The average molecular weight is 484 g/mol. The lowest BCUT2D eigenvalue weighted by Crippen LogP contribution is -2.48. The Morgan fingerprint density at radius 3 is 2.60 bits per heavy atom. The van der Waals surface area contributed by atoms with Crippen molar-refractivity contribution >= 4 is 17.2 Å². The van der Waals surface area contributed by atoms with Gasteiger partial charge in [-0.15, -0.1) is 6.42 Å². The minimum Gasteiger partial charge on any atom is -0.489 e. The number of hydrogen-bond acceptors (Lipinski definition) is 7. The highest BCUT2D eigenvalue weighted by Gasteiger charge is 2.38. The van der Waals surface area contributed by atoms with Crippen molar-refractivity contribution in [3.8, 4) is 35.3 Å². The lowest BCUT2D eigenvalue weighted by molar-refractivity contribution is -0.210. The first-order chi connectivity index (χ1) is 16.7. The number of aromatic nitrogens is 3. The third-order valence-electron chi connectivity index (χ3n) is 5.57. The van der Waals surface area contributed by atoms with Gasteiger partial charge in [-0.3, -0.25) is 4.79 Å². The van der Waals surface area contributed by atoms with Crippen molar-refractivity contribution in [2.45, 2.75) is 12.3 Å². The van der Waals surface area contributed by atoms with Crippen LogP contribution in [0.4, 0.5) is 19.0 Å². The van der Waals surface area contributed by atoms with Crippen LogP contribution in [0.15, 0.2) is 36.8 Å². The van der Waals surface area contributed by atoms with E-state index in [-0.39, 0.29) is 17.2 Å². The minimum atomic E-state index is -4.81. The van der Waals surface area contributed by atoms with Crippen molar-refractivity contribution in [2.75, 3.05) is 37.7 Å². The molecule has 12 heteroatoms. The molecule has 0 aromatic carbocycles. The largest absolute Gasteiger partial charge is 0.489 e. The molecule has 9 nitrogen and oxygen atoms in total. The Kier molecular flexibility index (Phi) is 6.49. The molecular weight excluding hydrogens is 465 g/mol. The monoisotopic (exact) mass is 484 g/mol. The fraction of sp³-hybridized carbons (Fsp3) is 0.304. The normalized spacial score (nSPS) is 14.9. The lowest BCUT2D eigenvalue weighted by atomic mass is 10.1. The molecule has 0 spiro atoms. The Labute approximate surface area is 198 Å². The molecule has 3 aromatic heterocycles. The molecule has 0 radical (unpaired) electrons. The zero-order valence-electron chi connectivity index (χ0n) is 18.2. The van der Waals surface area contributed by atoms with Crippen LogP contribution in [0.25, 0.3) is 16.6 Å². The topological polar surface area (TPSA) is 107 Å². The van der Waals surface area contributed by atoms with Crippen LogP contribution >= 0.6 is 0 Å². The summed E-state index contributed by atoms with van der Waals surface area (Å²) < 4.78 is 44.4. The molecule has 4 rings (SSSR count). The fourth-order valence-electron chi connectivity index (χ4n) is 3.71. The number of terminal acetylenes is 1. The smallest absolute Gasteiger partial charge is 0.417 e. The number of fused-ring (bicyclic) bond motifs is 1. The molecule has 0 bridgehead atoms. The summed E-state index contributed by atoms with van der Waals surface area (Å²) in [5.41, 5.74) is 1.76. The molecule has 1 saturated heterocycles. The fourth-order valence-corrected chi connectivity index (χ4v) is 3.71. The van der Waals surface area contributed by atoms with Crippen molar-refractivity contribution < 1.29 is 27.8 Å². The summed E-state index contributed by atoms with van der Waals surface area (Å²) in [6, 6.07) is 7.05. The molecule has 0 unspecified atom stereocenters. The Bertz CT molecular complexity index is 1320. The van der Waals surface area contributed by atoms with E-state index < -0.39 is 18.9 Å². The van der Waals surface area contributed by atoms with Crippen LogP contribution in [0, 0.1) is 23.7 Å². The van der Waals surface area contributed by atoms with E-state index in [1.54, 1.807) is 23.2 Å². The predicted molar refractivity (Wildman–Crippen MR) is 118 cm³/mol. The molecule has 0 aliphatic carbocycles. The van der Waals surface area contributed by atoms with Gasteiger partial charge in [0.1, 0.15) is 24.2 Å². The number of anilines is 1. The number of amides is 1. The number of carbonyl (C=O) groups is 1. The third kappa shape index (κ3) is 4.98. The van der Waals surface area contributed by atoms with Crippen molar-refractivity contribution in [3.05, 3.63) is 42.4 Å². The van der Waals surface area contributed by atoms with Crippen LogP contribution in [-0.4, -0.2) is 75.6 Å². The minimum absolute atomic E-state index is 0.0294. The lowest BCUT2D eigenvalue weighted by Gasteiger charge is -2.34. The Morgan fingerprint density at radius 1 is 1.26 bits per heavy atom. The second-order valence-electron chi connectivity index (χ2n) is 7.75. The maximum Gasteiger partial charge on any atom is 0.417 e. The summed E-state index contributed by atoms with van der Waals surface area (Å²) in [4.78, 5) is 19.7. The summed E-state index contributed by atoms with van der Waals surface area (Å²) in [6.07, 6.45) is 1.96. The van der Waals surface area contributed by atoms with Crippen LogP contribution in [0.2, 0.25) is 0 Å². The number of nitriles is 1. The van der Waals surface area contributed by atoms with E-state index in [9.17, 15) is 28.3 Å². The van der Waals surface area contributed by atoms with Gasteiger partial charge in [0.2, 0.25) is 0 Å². The van der Waals surface area contributed by atoms with E-state index >= 15 is 0 Å². The first-order valence-corrected chi connectivity index (χ1v) is 10.5. The van der Waals surface area contributed by atoms with Gasteiger partial charge in [-0.25, -0.2) is 9.50 Å². The number of pyridine rings is 2. The van der Waals surface area contributed by atoms with Gasteiger partial charge in [0.15, 0.2) is 6.10 Å². The maximum absolute atomic E-state index is 12.6. The SMILES string of the molecule is C#CC(=O)N1CCN(c2ccc(-c3cc(OC[C@H](O)C(F)(F)F)cn4ncc(C#N)c34)cn2)CC1. The number of carbonyl (C=O) groups excluding carboxylic acids is 1. The number of rotatable bonds is 5. The molecule has 1 N–H and O–H groups in total. The van der Waals surface area contributed by atoms with Gasteiger partial charge in [-0.2, -0.15) is 23.5 Å². The van der Waals surface area contributed by atoms with Gasteiger partial charge < -0.3 is 19.6 Å². The van der Waals surface area contributed by atoms with Crippen LogP contribution in [0.3, 0.4) is 0 Å². The Morgan fingerprint density at radius 2 is 2.00 bits per heavy atom. The van der Waals surface area contributed by atoms with Gasteiger partial charge in [0.25, 0.3) is 5.91 Å². The molecule has 3 aromatic rings. The number of piperazine rings is 1. The zero-order chi connectivity index (χ0) is 25.2. The van der Waals surface area contributed by atoms with Gasteiger partial charge in [0, 0.05) is 43.5 Å². The van der Waals surface area contributed by atoms with E-state index in [4.69, 9.17) is 11.2 Å². The van der Waals surface area contributed by atoms with Gasteiger partial charge in [-0.05, 0) is 24.1 Å². The molecule has 1 atom stereocenters. The van der Waals surface area contributed by atoms with E-state index in [0.717, 1.165) is 0 Å². The summed E-state index contributed by atoms with van der Waals surface area (Å²) in [5, 5.41) is 22.8. The molecular formula is C23H19F3N6O3. The summed E-state index contributed by atoms with van der Waals surface area (Å²) in [7, 11) is 0. The summed E-state index contributed by atoms with van der Waals surface area (Å²) >= 11 is 0. The highest BCUT2D eigenvalue weighted by Crippen LogP contribution is 2.32. The highest BCUT2D eigenvalue weighted by molar-refractivity contribution is 5.93. The van der Waals surface area contributed by atoms with E-state index in [0.29, 0.717) is 48.6 Å². The second kappa shape index (κ2) is 9.52. The van der Waals surface area contributed by atoms with Crippen molar-refractivity contribution in [2.24, 2.45) is 0 Å². The highest BCUT2D eigenvalue weighted by atomic mass is 19.4. The number of halogens is 3. The number of aliphatic hydroxyl groups is 1. The summed E-state index contributed by atoms with van der Waals surface area (Å²) in [5.74, 6) is 2.46. The molecule has 1 amide bonds. The molecule has 35 heavy (non-hydrogen) atoms. The number of aliphatic hydroxyl groups excluding tert-OH is 1. The van der Waals surface area contributed by atoms with Crippen molar-refractivity contribution in [1.82, 2.24) is 19.5 Å². The number of ether oxygens (including phenoxy) is 1. The van der Waals surface area contributed by atoms with Crippen molar-refractivity contribution in [3.63, 3.8) is 0 Å². The van der Waals surface area contributed by atoms with E-state index in [2.05, 4.69) is 16.0 Å². The average Bonchev–Trinajstić information content (AvgIpc) is 3.29. The number of alkyl halides is 3. The predicted octanol–water partition coefficient (Wildman–Crippen LogP) is 1.85. The number of hydrogen-bond donors (Lipinski definition) is 1.